The Morgan fingerprint density at radius 1 is 0.348 bits per heavy atom. The van der Waals surface area contributed by atoms with Crippen LogP contribution in [0.5, 0.6) is 0 Å². The van der Waals surface area contributed by atoms with Gasteiger partial charge in [0, 0.05) is 39.0 Å². The predicted molar refractivity (Wildman–Crippen MR) is 189 cm³/mol. The highest BCUT2D eigenvalue weighted by Gasteiger charge is 2.16. The van der Waals surface area contributed by atoms with Crippen molar-refractivity contribution < 1.29 is 29.4 Å². The molecule has 0 unspecified atom stereocenters. The van der Waals surface area contributed by atoms with E-state index in [1.165, 1.54) is 89.9 Å². The SMILES string of the molecule is CCCCCCCCCCCC(=O)N(CCCCCCCCN(CCC(=O)O)C(=O)CCCCCCCCCCC)CCC(=O)O. The summed E-state index contributed by atoms with van der Waals surface area (Å²) in [6.45, 7) is 6.24. The van der Waals surface area contributed by atoms with E-state index >= 15 is 0 Å². The molecule has 0 rings (SSSR count). The number of hydrogen-bond acceptors (Lipinski definition) is 4. The summed E-state index contributed by atoms with van der Waals surface area (Å²) >= 11 is 0. The lowest BCUT2D eigenvalue weighted by Crippen LogP contribution is -2.34. The zero-order valence-electron chi connectivity index (χ0n) is 30.0. The molecular formula is C38H72N2O6. The molecule has 0 saturated carbocycles. The monoisotopic (exact) mass is 653 g/mol. The van der Waals surface area contributed by atoms with Crippen LogP contribution in [0.3, 0.4) is 0 Å². The molecule has 2 amide bonds. The van der Waals surface area contributed by atoms with Crippen LogP contribution in [0, 0.1) is 0 Å². The third-order valence-electron chi connectivity index (χ3n) is 8.99. The van der Waals surface area contributed by atoms with Gasteiger partial charge in [-0.2, -0.15) is 0 Å². The van der Waals surface area contributed by atoms with Crippen molar-refractivity contribution in [2.75, 3.05) is 26.2 Å². The molecule has 0 spiro atoms. The average Bonchev–Trinajstić information content (AvgIpc) is 3.02. The lowest BCUT2D eigenvalue weighted by atomic mass is 10.1. The van der Waals surface area contributed by atoms with Crippen LogP contribution in [0.1, 0.15) is 194 Å². The third kappa shape index (κ3) is 29.3. The second-order valence-electron chi connectivity index (χ2n) is 13.3. The van der Waals surface area contributed by atoms with Gasteiger partial charge in [-0.1, -0.05) is 142 Å². The van der Waals surface area contributed by atoms with E-state index in [1.54, 1.807) is 9.80 Å². The molecule has 8 heteroatoms. The van der Waals surface area contributed by atoms with E-state index < -0.39 is 11.9 Å². The van der Waals surface area contributed by atoms with Crippen molar-refractivity contribution in [1.82, 2.24) is 9.80 Å². The second-order valence-corrected chi connectivity index (χ2v) is 13.3. The minimum Gasteiger partial charge on any atom is -0.481 e. The van der Waals surface area contributed by atoms with Crippen LogP contribution in [0.4, 0.5) is 0 Å². The van der Waals surface area contributed by atoms with Gasteiger partial charge in [-0.25, -0.2) is 0 Å². The smallest absolute Gasteiger partial charge is 0.305 e. The molecule has 0 aliphatic carbocycles. The third-order valence-corrected chi connectivity index (χ3v) is 8.99. The minimum absolute atomic E-state index is 0.0142. The molecule has 270 valence electrons. The fourth-order valence-corrected chi connectivity index (χ4v) is 5.99. The summed E-state index contributed by atoms with van der Waals surface area (Å²) in [6.07, 6.45) is 28.4. The number of aliphatic carboxylic acids is 2. The van der Waals surface area contributed by atoms with Gasteiger partial charge in [-0.3, -0.25) is 19.2 Å². The summed E-state index contributed by atoms with van der Waals surface area (Å²) < 4.78 is 0. The van der Waals surface area contributed by atoms with E-state index in [9.17, 15) is 19.2 Å². The highest BCUT2D eigenvalue weighted by atomic mass is 16.4. The first kappa shape index (κ1) is 43.9. The van der Waals surface area contributed by atoms with E-state index in [2.05, 4.69) is 13.8 Å². The molecule has 2 N–H and O–H groups in total. The first-order chi connectivity index (χ1) is 22.3. The zero-order valence-corrected chi connectivity index (χ0v) is 30.0. The number of rotatable bonds is 35. The van der Waals surface area contributed by atoms with Crippen molar-refractivity contribution in [2.24, 2.45) is 0 Å². The highest BCUT2D eigenvalue weighted by molar-refractivity contribution is 5.77. The van der Waals surface area contributed by atoms with Crippen molar-refractivity contribution in [1.29, 1.82) is 0 Å². The summed E-state index contributed by atoms with van der Waals surface area (Å²) in [5.74, 6) is -1.58. The average molecular weight is 653 g/mol. The fraction of sp³-hybridized carbons (Fsp3) is 0.895. The molecule has 46 heavy (non-hydrogen) atoms. The topological polar surface area (TPSA) is 115 Å². The molecule has 0 atom stereocenters. The highest BCUT2D eigenvalue weighted by Crippen LogP contribution is 2.14. The van der Waals surface area contributed by atoms with Crippen LogP contribution >= 0.6 is 0 Å². The van der Waals surface area contributed by atoms with Crippen LogP contribution in [0.15, 0.2) is 0 Å². The molecule has 0 heterocycles. The molecular weight excluding hydrogens is 580 g/mol. The van der Waals surface area contributed by atoms with Crippen LogP contribution in [-0.2, 0) is 19.2 Å². The van der Waals surface area contributed by atoms with Gasteiger partial charge in [0.05, 0.1) is 12.8 Å². The Labute approximate surface area is 282 Å². The summed E-state index contributed by atoms with van der Waals surface area (Å²) in [7, 11) is 0. The van der Waals surface area contributed by atoms with Crippen LogP contribution < -0.4 is 0 Å². The normalized spacial score (nSPS) is 11.1. The van der Waals surface area contributed by atoms with Gasteiger partial charge in [0.25, 0.3) is 0 Å². The van der Waals surface area contributed by atoms with E-state index in [0.717, 1.165) is 64.2 Å². The lowest BCUT2D eigenvalue weighted by Gasteiger charge is -2.22. The van der Waals surface area contributed by atoms with E-state index in [0.29, 0.717) is 25.9 Å². The summed E-state index contributed by atoms with van der Waals surface area (Å²) in [6, 6.07) is 0. The van der Waals surface area contributed by atoms with Gasteiger partial charge >= 0.3 is 11.9 Å². The molecule has 0 fully saturated rings. The van der Waals surface area contributed by atoms with Gasteiger partial charge in [0.15, 0.2) is 0 Å². The Morgan fingerprint density at radius 2 is 0.609 bits per heavy atom. The van der Waals surface area contributed by atoms with Gasteiger partial charge < -0.3 is 20.0 Å². The van der Waals surface area contributed by atoms with E-state index in [1.807, 2.05) is 0 Å². The lowest BCUT2D eigenvalue weighted by molar-refractivity contribution is -0.140. The minimum atomic E-state index is -0.870. The van der Waals surface area contributed by atoms with Crippen molar-refractivity contribution in [3.8, 4) is 0 Å². The van der Waals surface area contributed by atoms with E-state index in [4.69, 9.17) is 10.2 Å². The maximum Gasteiger partial charge on any atom is 0.305 e. The summed E-state index contributed by atoms with van der Waals surface area (Å²) in [4.78, 5) is 51.4. The Hall–Kier alpha value is -2.12. The summed E-state index contributed by atoms with van der Waals surface area (Å²) in [5.41, 5.74) is 0. The molecule has 0 aromatic rings. The fourth-order valence-electron chi connectivity index (χ4n) is 5.99. The van der Waals surface area contributed by atoms with Crippen molar-refractivity contribution in [3.05, 3.63) is 0 Å². The van der Waals surface area contributed by atoms with Crippen LogP contribution in [0.25, 0.3) is 0 Å². The van der Waals surface area contributed by atoms with Gasteiger partial charge in [0.1, 0.15) is 0 Å². The number of hydrogen-bond donors (Lipinski definition) is 2. The maximum absolute atomic E-state index is 12.8. The molecule has 0 aromatic heterocycles. The second kappa shape index (κ2) is 32.8. The number of nitrogens with zero attached hydrogens (tertiary/aromatic N) is 2. The Kier molecular flexibility index (Phi) is 31.3. The molecule has 0 bridgehead atoms. The Morgan fingerprint density at radius 3 is 0.891 bits per heavy atom. The summed E-state index contributed by atoms with van der Waals surface area (Å²) in [5, 5.41) is 18.3. The first-order valence-corrected chi connectivity index (χ1v) is 19.3. The quantitative estimate of drug-likeness (QED) is 0.0659. The molecule has 0 aliphatic rings. The number of amides is 2. The first-order valence-electron chi connectivity index (χ1n) is 19.3. The van der Waals surface area contributed by atoms with Crippen molar-refractivity contribution in [2.45, 2.75) is 194 Å². The number of unbranched alkanes of at least 4 members (excludes halogenated alkanes) is 21. The van der Waals surface area contributed by atoms with Crippen LogP contribution in [-0.4, -0.2) is 69.9 Å². The van der Waals surface area contributed by atoms with Crippen molar-refractivity contribution in [3.63, 3.8) is 0 Å². The number of carboxylic acid groups (broad SMARTS) is 2. The standard InChI is InChI=1S/C38H72N2O6/c1-3-5-7-9-11-13-15-19-23-27-35(41)39(33-29-37(43)44)31-25-21-17-18-22-26-32-40(34-30-38(45)46)36(42)28-24-20-16-14-12-10-8-6-4-2/h3-34H2,1-2H3,(H,43,44)(H,45,46). The Bertz CT molecular complexity index is 697. The van der Waals surface area contributed by atoms with Crippen molar-refractivity contribution >= 4 is 23.8 Å². The van der Waals surface area contributed by atoms with E-state index in [-0.39, 0.29) is 37.7 Å². The van der Waals surface area contributed by atoms with Crippen LogP contribution in [0.2, 0.25) is 0 Å². The van der Waals surface area contributed by atoms with Gasteiger partial charge in [-0.15, -0.1) is 0 Å². The number of carbonyl (C=O) groups is 4. The molecule has 0 radical (unpaired) electrons. The molecule has 8 nitrogen and oxygen atoms in total. The van der Waals surface area contributed by atoms with Gasteiger partial charge in [0.2, 0.25) is 11.8 Å². The predicted octanol–water partition coefficient (Wildman–Crippen LogP) is 9.78. The zero-order chi connectivity index (χ0) is 34.1. The molecule has 0 aromatic carbocycles. The number of carbonyl (C=O) groups excluding carboxylic acids is 2. The van der Waals surface area contributed by atoms with Gasteiger partial charge in [-0.05, 0) is 25.7 Å². The number of carboxylic acids is 2. The largest absolute Gasteiger partial charge is 0.481 e. The molecule has 0 aliphatic heterocycles. The Balaban J connectivity index is 4.22. The maximum atomic E-state index is 12.8. The molecule has 0 saturated heterocycles.